The van der Waals surface area contributed by atoms with Crippen LogP contribution in [0.1, 0.15) is 20.8 Å². The van der Waals surface area contributed by atoms with Crippen molar-refractivity contribution in [2.24, 2.45) is 5.41 Å². The van der Waals surface area contributed by atoms with Crippen molar-refractivity contribution in [2.75, 3.05) is 5.32 Å². The molecule has 0 atom stereocenters. The van der Waals surface area contributed by atoms with Gasteiger partial charge in [0, 0.05) is 11.1 Å². The molecule has 1 N–H and O–H groups in total. The highest BCUT2D eigenvalue weighted by Crippen LogP contribution is 2.23. The largest absolute Gasteiger partial charge is 0.376 e. The molecule has 0 aliphatic heterocycles. The number of halogens is 1. The van der Waals surface area contributed by atoms with Gasteiger partial charge < -0.3 is 9.50 Å². The second kappa shape index (κ2) is 6.60. The van der Waals surface area contributed by atoms with Crippen molar-refractivity contribution in [3.63, 3.8) is 0 Å². The third-order valence-electron chi connectivity index (χ3n) is 3.12. The molecular weight excluding hydrogens is 333 g/mol. The molecule has 0 radical (unpaired) electrons. The topological polar surface area (TPSA) is 72.5 Å². The van der Waals surface area contributed by atoms with E-state index in [2.05, 4.69) is 5.32 Å². The van der Waals surface area contributed by atoms with Crippen LogP contribution in [0.3, 0.4) is 0 Å². The summed E-state index contributed by atoms with van der Waals surface area (Å²) in [7, 11) is -4.16. The second-order valence-corrected chi connectivity index (χ2v) is 7.74. The van der Waals surface area contributed by atoms with Crippen molar-refractivity contribution in [3.8, 4) is 5.75 Å². The first-order valence-corrected chi connectivity index (χ1v) is 8.61. The van der Waals surface area contributed by atoms with Crippen molar-refractivity contribution >= 4 is 21.7 Å². The number of hydrogen-bond acceptors (Lipinski definition) is 4. The lowest BCUT2D eigenvalue weighted by Crippen LogP contribution is -2.27. The molecule has 0 saturated heterocycles. The van der Waals surface area contributed by atoms with Crippen molar-refractivity contribution in [3.05, 3.63) is 54.3 Å². The molecule has 0 unspecified atom stereocenters. The van der Waals surface area contributed by atoms with Crippen LogP contribution in [-0.2, 0) is 14.9 Å². The summed E-state index contributed by atoms with van der Waals surface area (Å²) >= 11 is 0. The monoisotopic (exact) mass is 351 g/mol. The van der Waals surface area contributed by atoms with E-state index in [9.17, 15) is 17.6 Å². The zero-order chi connectivity index (χ0) is 18.0. The minimum Gasteiger partial charge on any atom is -0.376 e. The van der Waals surface area contributed by atoms with Gasteiger partial charge >= 0.3 is 10.1 Å². The van der Waals surface area contributed by atoms with Gasteiger partial charge in [0.1, 0.15) is 4.90 Å². The zero-order valence-electron chi connectivity index (χ0n) is 13.5. The van der Waals surface area contributed by atoms with Gasteiger partial charge in [0.2, 0.25) is 5.91 Å². The maximum Gasteiger partial charge on any atom is 0.339 e. The van der Waals surface area contributed by atoms with E-state index in [0.717, 1.165) is 6.07 Å². The highest BCUT2D eigenvalue weighted by Gasteiger charge is 2.22. The summed E-state index contributed by atoms with van der Waals surface area (Å²) in [5, 5.41) is 2.68. The molecule has 1 amide bonds. The van der Waals surface area contributed by atoms with Crippen molar-refractivity contribution in [1.82, 2.24) is 0 Å². The van der Waals surface area contributed by atoms with Crippen molar-refractivity contribution < 1.29 is 21.8 Å². The minimum atomic E-state index is -4.16. The van der Waals surface area contributed by atoms with E-state index in [4.69, 9.17) is 4.18 Å². The van der Waals surface area contributed by atoms with E-state index in [1.165, 1.54) is 42.5 Å². The number of benzene rings is 2. The highest BCUT2D eigenvalue weighted by atomic mass is 32.2. The van der Waals surface area contributed by atoms with Crippen LogP contribution in [-0.4, -0.2) is 14.3 Å². The van der Waals surface area contributed by atoms with E-state index in [0.29, 0.717) is 5.69 Å². The Morgan fingerprint density at radius 2 is 1.62 bits per heavy atom. The van der Waals surface area contributed by atoms with Crippen LogP contribution in [0.25, 0.3) is 0 Å². The molecule has 0 fully saturated rings. The number of anilines is 1. The van der Waals surface area contributed by atoms with Crippen LogP contribution in [0.4, 0.5) is 10.1 Å². The quantitative estimate of drug-likeness (QED) is 0.855. The van der Waals surface area contributed by atoms with Gasteiger partial charge in [-0.1, -0.05) is 32.9 Å². The van der Waals surface area contributed by atoms with Gasteiger partial charge in [-0.2, -0.15) is 8.42 Å². The standard InChI is InChI=1S/C17H18FNO4S/c1-17(2,3)16(20)19-12-8-10-13(11-9-12)24(21,22)23-15-7-5-4-6-14(15)18/h4-11H,1-3H3,(H,19,20). The number of hydrogen-bond donors (Lipinski definition) is 1. The van der Waals surface area contributed by atoms with Gasteiger partial charge in [-0.05, 0) is 36.4 Å². The van der Waals surface area contributed by atoms with Crippen LogP contribution in [0.5, 0.6) is 5.75 Å². The number of nitrogens with one attached hydrogen (secondary N) is 1. The molecule has 2 rings (SSSR count). The molecule has 0 aliphatic carbocycles. The molecule has 0 spiro atoms. The first-order chi connectivity index (χ1) is 11.1. The number of amides is 1. The molecule has 0 heterocycles. The molecule has 0 aromatic heterocycles. The Kier molecular flexibility index (Phi) is 4.94. The molecule has 0 bridgehead atoms. The minimum absolute atomic E-state index is 0.139. The first kappa shape index (κ1) is 17.9. The molecular formula is C17H18FNO4S. The Labute approximate surface area is 140 Å². The number of carbonyl (C=O) groups is 1. The Hall–Kier alpha value is -2.41. The zero-order valence-corrected chi connectivity index (χ0v) is 14.4. The van der Waals surface area contributed by atoms with Crippen LogP contribution < -0.4 is 9.50 Å². The van der Waals surface area contributed by atoms with E-state index < -0.39 is 21.4 Å². The molecule has 0 saturated carbocycles. The SMILES string of the molecule is CC(C)(C)C(=O)Nc1ccc(S(=O)(=O)Oc2ccccc2F)cc1. The Morgan fingerprint density at radius 1 is 1.04 bits per heavy atom. The van der Waals surface area contributed by atoms with Gasteiger partial charge in [-0.25, -0.2) is 4.39 Å². The van der Waals surface area contributed by atoms with Gasteiger partial charge in [0.05, 0.1) is 0 Å². The van der Waals surface area contributed by atoms with E-state index >= 15 is 0 Å². The molecule has 5 nitrogen and oxygen atoms in total. The molecule has 7 heteroatoms. The van der Waals surface area contributed by atoms with Gasteiger partial charge in [0.15, 0.2) is 11.6 Å². The fourth-order valence-corrected chi connectivity index (χ4v) is 2.64. The number of rotatable bonds is 4. The summed E-state index contributed by atoms with van der Waals surface area (Å²) < 4.78 is 42.7. The Bertz CT molecular complexity index is 840. The van der Waals surface area contributed by atoms with E-state index in [1.54, 1.807) is 20.8 Å². The van der Waals surface area contributed by atoms with Crippen LogP contribution in [0.2, 0.25) is 0 Å². The fraction of sp³-hybridized carbons (Fsp3) is 0.235. The lowest BCUT2D eigenvalue weighted by Gasteiger charge is -2.17. The fourth-order valence-electron chi connectivity index (χ4n) is 1.70. The van der Waals surface area contributed by atoms with E-state index in [-0.39, 0.29) is 16.6 Å². The highest BCUT2D eigenvalue weighted by molar-refractivity contribution is 7.87. The summed E-state index contributed by atoms with van der Waals surface area (Å²) in [5.74, 6) is -1.33. The molecule has 0 aliphatic rings. The van der Waals surface area contributed by atoms with Crippen LogP contribution in [0.15, 0.2) is 53.4 Å². The van der Waals surface area contributed by atoms with Crippen molar-refractivity contribution in [1.29, 1.82) is 0 Å². The molecule has 2 aromatic rings. The summed E-state index contributed by atoms with van der Waals surface area (Å²) in [5.41, 5.74) is -0.113. The Morgan fingerprint density at radius 3 is 2.17 bits per heavy atom. The lowest BCUT2D eigenvalue weighted by atomic mass is 9.95. The van der Waals surface area contributed by atoms with Crippen molar-refractivity contribution in [2.45, 2.75) is 25.7 Å². The second-order valence-electron chi connectivity index (χ2n) is 6.20. The summed E-state index contributed by atoms with van der Waals surface area (Å²) in [6, 6.07) is 10.7. The van der Waals surface area contributed by atoms with Gasteiger partial charge in [0.25, 0.3) is 0 Å². The number of para-hydroxylation sites is 1. The average Bonchev–Trinajstić information content (AvgIpc) is 2.49. The van der Waals surface area contributed by atoms with Gasteiger partial charge in [-0.15, -0.1) is 0 Å². The van der Waals surface area contributed by atoms with E-state index in [1.807, 2.05) is 0 Å². The molecule has 2 aromatic carbocycles. The normalized spacial score (nSPS) is 11.8. The number of carbonyl (C=O) groups excluding carboxylic acids is 1. The summed E-state index contributed by atoms with van der Waals surface area (Å²) in [6.07, 6.45) is 0. The molecule has 128 valence electrons. The predicted molar refractivity (Wildman–Crippen MR) is 88.7 cm³/mol. The van der Waals surface area contributed by atoms with Crippen LogP contribution >= 0.6 is 0 Å². The first-order valence-electron chi connectivity index (χ1n) is 7.20. The maximum atomic E-state index is 13.5. The lowest BCUT2D eigenvalue weighted by molar-refractivity contribution is -0.123. The summed E-state index contributed by atoms with van der Waals surface area (Å²) in [6.45, 7) is 5.30. The average molecular weight is 351 g/mol. The smallest absolute Gasteiger partial charge is 0.339 e. The summed E-state index contributed by atoms with van der Waals surface area (Å²) in [4.78, 5) is 11.8. The predicted octanol–water partition coefficient (Wildman–Crippen LogP) is 3.58. The third-order valence-corrected chi connectivity index (χ3v) is 4.37. The Balaban J connectivity index is 2.18. The van der Waals surface area contributed by atoms with Crippen LogP contribution in [0, 0.1) is 11.2 Å². The van der Waals surface area contributed by atoms with Gasteiger partial charge in [-0.3, -0.25) is 4.79 Å². The molecule has 24 heavy (non-hydrogen) atoms. The third kappa shape index (κ3) is 4.32. The maximum absolute atomic E-state index is 13.5.